The molecule has 0 aliphatic heterocycles. The summed E-state index contributed by atoms with van der Waals surface area (Å²) in [5.41, 5.74) is 3.88. The maximum absolute atomic E-state index is 5.73. The molecule has 108 valence electrons. The minimum absolute atomic E-state index is 0.0523. The molecular weight excluding hydrogens is 270 g/mol. The maximum atomic E-state index is 5.73. The molecule has 0 radical (unpaired) electrons. The third-order valence-corrected chi connectivity index (χ3v) is 4.22. The van der Waals surface area contributed by atoms with Crippen molar-refractivity contribution in [3.63, 3.8) is 0 Å². The van der Waals surface area contributed by atoms with E-state index >= 15 is 0 Å². The fraction of sp³-hybridized carbons (Fsp3) is 0.400. The van der Waals surface area contributed by atoms with Crippen molar-refractivity contribution in [2.45, 2.75) is 39.3 Å². The normalized spacial score (nSPS) is 12.7. The molecule has 5 heteroatoms. The number of pyridine rings is 1. The van der Waals surface area contributed by atoms with Crippen LogP contribution in [0.5, 0.6) is 5.75 Å². The molecule has 0 aliphatic carbocycles. The van der Waals surface area contributed by atoms with E-state index in [4.69, 9.17) is 10.6 Å². The average molecular weight is 291 g/mol. The van der Waals surface area contributed by atoms with Crippen molar-refractivity contribution < 1.29 is 4.74 Å². The van der Waals surface area contributed by atoms with Crippen molar-refractivity contribution in [3.8, 4) is 5.75 Å². The molecule has 1 atom stereocenters. The summed E-state index contributed by atoms with van der Waals surface area (Å²) in [6.07, 6.45) is 4.72. The summed E-state index contributed by atoms with van der Waals surface area (Å²) in [4.78, 5) is 6.78. The molecular formula is C15H21N3OS. The summed E-state index contributed by atoms with van der Waals surface area (Å²) in [7, 11) is 0. The number of thiophene rings is 1. The van der Waals surface area contributed by atoms with Gasteiger partial charge in [0, 0.05) is 16.0 Å². The third kappa shape index (κ3) is 3.56. The van der Waals surface area contributed by atoms with Gasteiger partial charge >= 0.3 is 0 Å². The lowest BCUT2D eigenvalue weighted by molar-refractivity contribution is 0.241. The van der Waals surface area contributed by atoms with Crippen molar-refractivity contribution in [3.05, 3.63) is 45.9 Å². The standard InChI is InChI=1S/C15H21N3OS/c1-4-13-5-6-14(20-13)15(18-16)11-7-12(9-17-8-11)19-10(2)3/h5-10,15,18H,4,16H2,1-3H3. The number of aryl methyl sites for hydroxylation is 1. The summed E-state index contributed by atoms with van der Waals surface area (Å²) >= 11 is 1.77. The first-order valence-electron chi connectivity index (χ1n) is 6.80. The summed E-state index contributed by atoms with van der Waals surface area (Å²) in [6, 6.07) is 6.20. The van der Waals surface area contributed by atoms with E-state index in [0.717, 1.165) is 17.7 Å². The molecule has 0 aromatic carbocycles. The molecule has 20 heavy (non-hydrogen) atoms. The van der Waals surface area contributed by atoms with Crippen molar-refractivity contribution in [1.82, 2.24) is 10.4 Å². The monoisotopic (exact) mass is 291 g/mol. The Kier molecular flexibility index (Phi) is 5.11. The summed E-state index contributed by atoms with van der Waals surface area (Å²) in [5, 5.41) is 0. The zero-order chi connectivity index (χ0) is 14.5. The van der Waals surface area contributed by atoms with Crippen LogP contribution in [0, 0.1) is 0 Å². The molecule has 0 saturated heterocycles. The lowest BCUT2D eigenvalue weighted by Gasteiger charge is -2.16. The second-order valence-corrected chi connectivity index (χ2v) is 6.08. The van der Waals surface area contributed by atoms with Crippen molar-refractivity contribution in [2.75, 3.05) is 0 Å². The second kappa shape index (κ2) is 6.83. The van der Waals surface area contributed by atoms with E-state index in [2.05, 4.69) is 29.5 Å². The molecule has 0 fully saturated rings. The zero-order valence-corrected chi connectivity index (χ0v) is 12.9. The van der Waals surface area contributed by atoms with Crippen LogP contribution in [-0.2, 0) is 6.42 Å². The number of rotatable bonds is 6. The fourth-order valence-electron chi connectivity index (χ4n) is 2.01. The van der Waals surface area contributed by atoms with Crippen LogP contribution in [0.4, 0.5) is 0 Å². The van der Waals surface area contributed by atoms with E-state index < -0.39 is 0 Å². The van der Waals surface area contributed by atoms with Crippen LogP contribution in [0.3, 0.4) is 0 Å². The number of nitrogens with zero attached hydrogens (tertiary/aromatic N) is 1. The Balaban J connectivity index is 2.26. The number of nitrogens with two attached hydrogens (primary N) is 1. The molecule has 2 rings (SSSR count). The van der Waals surface area contributed by atoms with E-state index in [9.17, 15) is 0 Å². The Morgan fingerprint density at radius 2 is 2.15 bits per heavy atom. The lowest BCUT2D eigenvalue weighted by Crippen LogP contribution is -2.28. The second-order valence-electron chi connectivity index (χ2n) is 4.88. The molecule has 0 amide bonds. The van der Waals surface area contributed by atoms with E-state index in [-0.39, 0.29) is 12.1 Å². The predicted octanol–water partition coefficient (Wildman–Crippen LogP) is 3.05. The van der Waals surface area contributed by atoms with Crippen LogP contribution in [0.25, 0.3) is 0 Å². The quantitative estimate of drug-likeness (QED) is 0.634. The highest BCUT2D eigenvalue weighted by atomic mass is 32.1. The highest BCUT2D eigenvalue weighted by molar-refractivity contribution is 7.12. The van der Waals surface area contributed by atoms with E-state index in [1.165, 1.54) is 9.75 Å². The number of hydrazine groups is 1. The first-order valence-corrected chi connectivity index (χ1v) is 7.62. The number of hydrogen-bond donors (Lipinski definition) is 2. The van der Waals surface area contributed by atoms with Gasteiger partial charge in [-0.3, -0.25) is 10.8 Å². The summed E-state index contributed by atoms with van der Waals surface area (Å²) in [6.45, 7) is 6.15. The molecule has 4 nitrogen and oxygen atoms in total. The molecule has 3 N–H and O–H groups in total. The van der Waals surface area contributed by atoms with Crippen LogP contribution >= 0.6 is 11.3 Å². The molecule has 2 heterocycles. The average Bonchev–Trinajstić information content (AvgIpc) is 2.88. The Morgan fingerprint density at radius 3 is 2.75 bits per heavy atom. The SMILES string of the molecule is CCc1ccc(C(NN)c2cncc(OC(C)C)c2)s1. The molecule has 2 aromatic rings. The molecule has 1 unspecified atom stereocenters. The van der Waals surface area contributed by atoms with Gasteiger partial charge in [0.1, 0.15) is 5.75 Å². The topological polar surface area (TPSA) is 60.2 Å². The van der Waals surface area contributed by atoms with Crippen LogP contribution < -0.4 is 16.0 Å². The summed E-state index contributed by atoms with van der Waals surface area (Å²) in [5.74, 6) is 6.50. The molecule has 0 aliphatic rings. The van der Waals surface area contributed by atoms with Gasteiger partial charge in [0.25, 0.3) is 0 Å². The van der Waals surface area contributed by atoms with Gasteiger partial charge in [0.15, 0.2) is 0 Å². The number of hydrogen-bond acceptors (Lipinski definition) is 5. The predicted molar refractivity (Wildman–Crippen MR) is 82.9 cm³/mol. The van der Waals surface area contributed by atoms with Crippen molar-refractivity contribution in [1.29, 1.82) is 0 Å². The van der Waals surface area contributed by atoms with Crippen LogP contribution in [0.15, 0.2) is 30.6 Å². The largest absolute Gasteiger partial charge is 0.489 e. The van der Waals surface area contributed by atoms with Gasteiger partial charge < -0.3 is 4.74 Å². The van der Waals surface area contributed by atoms with Gasteiger partial charge in [-0.1, -0.05) is 6.92 Å². The molecule has 2 aromatic heterocycles. The van der Waals surface area contributed by atoms with Gasteiger partial charge in [0.2, 0.25) is 0 Å². The van der Waals surface area contributed by atoms with E-state index in [0.29, 0.717) is 0 Å². The number of ether oxygens (including phenoxy) is 1. The summed E-state index contributed by atoms with van der Waals surface area (Å²) < 4.78 is 5.68. The third-order valence-electron chi connectivity index (χ3n) is 2.92. The molecule has 0 bridgehead atoms. The fourth-order valence-corrected chi connectivity index (χ4v) is 3.05. The van der Waals surface area contributed by atoms with Crippen molar-refractivity contribution >= 4 is 11.3 Å². The number of nitrogens with one attached hydrogen (secondary N) is 1. The molecule has 0 saturated carbocycles. The Labute approximate surface area is 124 Å². The highest BCUT2D eigenvalue weighted by Crippen LogP contribution is 2.29. The van der Waals surface area contributed by atoms with Gasteiger partial charge in [-0.2, -0.15) is 0 Å². The lowest BCUT2D eigenvalue weighted by atomic mass is 10.1. The smallest absolute Gasteiger partial charge is 0.138 e. The van der Waals surface area contributed by atoms with Gasteiger partial charge in [-0.15, -0.1) is 11.3 Å². The highest BCUT2D eigenvalue weighted by Gasteiger charge is 2.16. The van der Waals surface area contributed by atoms with Crippen LogP contribution in [0.2, 0.25) is 0 Å². The van der Waals surface area contributed by atoms with E-state index in [1.807, 2.05) is 26.1 Å². The van der Waals surface area contributed by atoms with Gasteiger partial charge in [0.05, 0.1) is 18.3 Å². The van der Waals surface area contributed by atoms with Crippen molar-refractivity contribution in [2.24, 2.45) is 5.84 Å². The van der Waals surface area contributed by atoms with Crippen LogP contribution in [-0.4, -0.2) is 11.1 Å². The Bertz CT molecular complexity index is 554. The van der Waals surface area contributed by atoms with Crippen LogP contribution in [0.1, 0.15) is 42.1 Å². The van der Waals surface area contributed by atoms with Gasteiger partial charge in [-0.25, -0.2) is 5.43 Å². The first kappa shape index (κ1) is 15.0. The Hall–Kier alpha value is -1.43. The zero-order valence-electron chi connectivity index (χ0n) is 12.1. The first-order chi connectivity index (χ1) is 9.63. The molecule has 0 spiro atoms. The Morgan fingerprint density at radius 1 is 1.35 bits per heavy atom. The van der Waals surface area contributed by atoms with E-state index in [1.54, 1.807) is 17.5 Å². The maximum Gasteiger partial charge on any atom is 0.138 e. The minimum atomic E-state index is -0.0523. The minimum Gasteiger partial charge on any atom is -0.489 e. The number of aromatic nitrogens is 1. The van der Waals surface area contributed by atoms with Gasteiger partial charge in [-0.05, 0) is 44.0 Å².